The largest absolute Gasteiger partial charge is 0.462 e. The van der Waals surface area contributed by atoms with Gasteiger partial charge in [-0.15, -0.1) is 0 Å². The van der Waals surface area contributed by atoms with Gasteiger partial charge in [0.05, 0.1) is 0 Å². The lowest BCUT2D eigenvalue weighted by Crippen LogP contribution is -2.30. The number of rotatable bonds is 55. The fourth-order valence-electron chi connectivity index (χ4n) is 9.40. The number of unbranched alkanes of at least 4 members (excludes halogenated alkanes) is 40. The number of esters is 3. The highest BCUT2D eigenvalue weighted by Crippen LogP contribution is 2.18. The molecule has 398 valence electrons. The highest BCUT2D eigenvalue weighted by Gasteiger charge is 2.19. The molecule has 0 aliphatic heterocycles. The summed E-state index contributed by atoms with van der Waals surface area (Å²) >= 11 is 0. The molecule has 0 aliphatic rings. The molecule has 1 atom stereocenters. The van der Waals surface area contributed by atoms with Crippen LogP contribution < -0.4 is 0 Å². The van der Waals surface area contributed by atoms with Crippen molar-refractivity contribution < 1.29 is 28.6 Å². The van der Waals surface area contributed by atoms with Crippen LogP contribution in [0.4, 0.5) is 0 Å². The van der Waals surface area contributed by atoms with Crippen LogP contribution in [0.15, 0.2) is 0 Å². The second kappa shape index (κ2) is 53.8. The zero-order valence-electron chi connectivity index (χ0n) is 46.0. The molecule has 0 aromatic heterocycles. The van der Waals surface area contributed by atoms with Crippen LogP contribution in [0.25, 0.3) is 0 Å². The molecule has 0 heterocycles. The molecule has 6 heteroatoms. The first-order chi connectivity index (χ1) is 32.7. The second-order valence-corrected chi connectivity index (χ2v) is 21.9. The predicted molar refractivity (Wildman–Crippen MR) is 289 cm³/mol. The number of hydrogen-bond donors (Lipinski definition) is 0. The van der Waals surface area contributed by atoms with Crippen LogP contribution in [0.5, 0.6) is 0 Å². The van der Waals surface area contributed by atoms with E-state index in [2.05, 4.69) is 34.6 Å². The molecule has 0 unspecified atom stereocenters. The van der Waals surface area contributed by atoms with E-state index in [0.29, 0.717) is 19.3 Å². The monoisotopic (exact) mass is 947 g/mol. The van der Waals surface area contributed by atoms with Crippen molar-refractivity contribution >= 4 is 17.9 Å². The quantitative estimate of drug-likeness (QED) is 0.0343. The lowest BCUT2D eigenvalue weighted by atomic mass is 10.0. The van der Waals surface area contributed by atoms with Crippen LogP contribution in [0.1, 0.15) is 343 Å². The number of ether oxygens (including phenoxy) is 3. The van der Waals surface area contributed by atoms with Gasteiger partial charge >= 0.3 is 17.9 Å². The Kier molecular flexibility index (Phi) is 52.5. The first-order valence-electron chi connectivity index (χ1n) is 30.2. The summed E-state index contributed by atoms with van der Waals surface area (Å²) in [6.07, 6.45) is 58.1. The van der Waals surface area contributed by atoms with Crippen molar-refractivity contribution in [3.63, 3.8) is 0 Å². The smallest absolute Gasteiger partial charge is 0.306 e. The Bertz CT molecular complexity index is 1020. The van der Waals surface area contributed by atoms with Gasteiger partial charge in [0, 0.05) is 19.3 Å². The fraction of sp³-hybridized carbons (Fsp3) is 0.951. The van der Waals surface area contributed by atoms with Crippen molar-refractivity contribution in [1.29, 1.82) is 0 Å². The highest BCUT2D eigenvalue weighted by molar-refractivity contribution is 5.71. The Balaban J connectivity index is 4.28. The Morgan fingerprint density at radius 3 is 0.731 bits per heavy atom. The summed E-state index contributed by atoms with van der Waals surface area (Å²) in [5.41, 5.74) is 0. The van der Waals surface area contributed by atoms with E-state index in [4.69, 9.17) is 14.2 Å². The van der Waals surface area contributed by atoms with Crippen LogP contribution in [0.2, 0.25) is 0 Å². The van der Waals surface area contributed by atoms with Crippen molar-refractivity contribution in [2.24, 2.45) is 11.8 Å². The Morgan fingerprint density at radius 2 is 0.493 bits per heavy atom. The van der Waals surface area contributed by atoms with Crippen LogP contribution in [0, 0.1) is 11.8 Å². The third-order valence-electron chi connectivity index (χ3n) is 14.0. The van der Waals surface area contributed by atoms with Gasteiger partial charge in [0.2, 0.25) is 0 Å². The topological polar surface area (TPSA) is 78.9 Å². The minimum absolute atomic E-state index is 0.0622. The number of hydrogen-bond acceptors (Lipinski definition) is 6. The van der Waals surface area contributed by atoms with Gasteiger partial charge in [-0.1, -0.05) is 304 Å². The van der Waals surface area contributed by atoms with Gasteiger partial charge in [-0.3, -0.25) is 14.4 Å². The molecule has 0 fully saturated rings. The lowest BCUT2D eigenvalue weighted by Gasteiger charge is -2.18. The summed E-state index contributed by atoms with van der Waals surface area (Å²) < 4.78 is 16.9. The minimum atomic E-state index is -0.763. The van der Waals surface area contributed by atoms with E-state index in [1.807, 2.05) is 0 Å². The maximum Gasteiger partial charge on any atom is 0.306 e. The first kappa shape index (κ1) is 65.4. The van der Waals surface area contributed by atoms with Gasteiger partial charge in [-0.25, -0.2) is 0 Å². The third-order valence-corrected chi connectivity index (χ3v) is 14.0. The van der Waals surface area contributed by atoms with Gasteiger partial charge in [-0.05, 0) is 31.1 Å². The SMILES string of the molecule is CCCCCCCCCCCCCCCCCC(=O)O[C@@H](COC(=O)CCCCCCCCCCCCCCCCCCC(C)C)COC(=O)CCCCCCCCCCCCCCC(C)C. The van der Waals surface area contributed by atoms with E-state index >= 15 is 0 Å². The van der Waals surface area contributed by atoms with Crippen molar-refractivity contribution in [1.82, 2.24) is 0 Å². The molecule has 0 radical (unpaired) electrons. The van der Waals surface area contributed by atoms with Gasteiger partial charge in [-0.2, -0.15) is 0 Å². The molecule has 0 aromatic rings. The van der Waals surface area contributed by atoms with E-state index < -0.39 is 6.10 Å². The van der Waals surface area contributed by atoms with Crippen LogP contribution in [-0.2, 0) is 28.6 Å². The average molecular weight is 948 g/mol. The van der Waals surface area contributed by atoms with E-state index in [0.717, 1.165) is 69.6 Å². The summed E-state index contributed by atoms with van der Waals surface area (Å²) in [5.74, 6) is 0.852. The maximum absolute atomic E-state index is 12.9. The van der Waals surface area contributed by atoms with Crippen molar-refractivity contribution in [2.75, 3.05) is 13.2 Å². The zero-order valence-corrected chi connectivity index (χ0v) is 46.0. The third kappa shape index (κ3) is 55.2. The van der Waals surface area contributed by atoms with E-state index in [1.54, 1.807) is 0 Å². The van der Waals surface area contributed by atoms with Crippen molar-refractivity contribution in [3.8, 4) is 0 Å². The zero-order chi connectivity index (χ0) is 48.9. The molecule has 0 saturated carbocycles. The van der Waals surface area contributed by atoms with Gasteiger partial charge < -0.3 is 14.2 Å². The number of carbonyl (C=O) groups is 3. The average Bonchev–Trinajstić information content (AvgIpc) is 3.30. The molecule has 0 N–H and O–H groups in total. The van der Waals surface area contributed by atoms with Crippen LogP contribution in [-0.4, -0.2) is 37.2 Å². The second-order valence-electron chi connectivity index (χ2n) is 21.9. The van der Waals surface area contributed by atoms with E-state index in [9.17, 15) is 14.4 Å². The van der Waals surface area contributed by atoms with Crippen LogP contribution >= 0.6 is 0 Å². The Hall–Kier alpha value is -1.59. The van der Waals surface area contributed by atoms with Gasteiger partial charge in [0.1, 0.15) is 13.2 Å². The summed E-state index contributed by atoms with van der Waals surface area (Å²) in [5, 5.41) is 0. The number of carbonyl (C=O) groups excluding carboxylic acids is 3. The van der Waals surface area contributed by atoms with Gasteiger partial charge in [0.25, 0.3) is 0 Å². The fourth-order valence-corrected chi connectivity index (χ4v) is 9.40. The van der Waals surface area contributed by atoms with E-state index in [-0.39, 0.29) is 31.1 Å². The van der Waals surface area contributed by atoms with E-state index in [1.165, 1.54) is 231 Å². The first-order valence-corrected chi connectivity index (χ1v) is 30.2. The molecule has 0 amide bonds. The molecule has 0 rings (SSSR count). The Morgan fingerprint density at radius 1 is 0.284 bits per heavy atom. The standard InChI is InChI=1S/C61H118O6/c1-6-7-8-9-10-11-12-13-16-21-28-33-38-43-48-53-61(64)67-58(55-66-60(63)52-47-42-37-32-27-23-22-25-30-35-40-45-50-57(4)5)54-65-59(62)51-46-41-36-31-26-20-18-15-14-17-19-24-29-34-39-44-49-56(2)3/h56-58H,6-55H2,1-5H3/t58-/m0/s1. The maximum atomic E-state index is 12.9. The lowest BCUT2D eigenvalue weighted by molar-refractivity contribution is -0.167. The molecule has 0 bridgehead atoms. The highest BCUT2D eigenvalue weighted by atomic mass is 16.6. The van der Waals surface area contributed by atoms with Crippen LogP contribution in [0.3, 0.4) is 0 Å². The molecular formula is C61H118O6. The summed E-state index contributed by atoms with van der Waals surface area (Å²) in [6, 6.07) is 0. The summed E-state index contributed by atoms with van der Waals surface area (Å²) in [6.45, 7) is 11.4. The molecule has 6 nitrogen and oxygen atoms in total. The normalized spacial score (nSPS) is 12.0. The molecule has 0 saturated heterocycles. The summed E-state index contributed by atoms with van der Waals surface area (Å²) in [4.78, 5) is 38.2. The van der Waals surface area contributed by atoms with Gasteiger partial charge in [0.15, 0.2) is 6.10 Å². The van der Waals surface area contributed by atoms with Crippen molar-refractivity contribution in [2.45, 2.75) is 349 Å². The Labute approximate surface area is 418 Å². The molecular weight excluding hydrogens is 829 g/mol. The molecule has 0 spiro atoms. The summed E-state index contributed by atoms with van der Waals surface area (Å²) in [7, 11) is 0. The minimum Gasteiger partial charge on any atom is -0.462 e. The molecule has 0 aromatic carbocycles. The molecule has 0 aliphatic carbocycles. The van der Waals surface area contributed by atoms with Crippen molar-refractivity contribution in [3.05, 3.63) is 0 Å². The predicted octanol–water partition coefficient (Wildman–Crippen LogP) is 20.0. The molecule has 67 heavy (non-hydrogen) atoms.